The van der Waals surface area contributed by atoms with Crippen LogP contribution in [-0.4, -0.2) is 10.2 Å². The average Bonchev–Trinajstić information content (AvgIpc) is 2.48. The minimum atomic E-state index is -0.528. The van der Waals surface area contributed by atoms with E-state index in [-0.39, 0.29) is 0 Å². The predicted molar refractivity (Wildman–Crippen MR) is 89.1 cm³/mol. The van der Waals surface area contributed by atoms with Gasteiger partial charge in [-0.2, -0.15) is 0 Å². The second kappa shape index (κ2) is 9.80. The van der Waals surface area contributed by atoms with E-state index in [1.807, 2.05) is 12.1 Å². The molecule has 21 heavy (non-hydrogen) atoms. The molecule has 3 heteroatoms. The number of nitrogen functional groups attached to an aromatic ring is 1. The molecule has 0 bridgehead atoms. The lowest BCUT2D eigenvalue weighted by atomic mass is 9.96. The third kappa shape index (κ3) is 6.06. The lowest BCUT2D eigenvalue weighted by molar-refractivity contribution is 0.157. The largest absolute Gasteiger partial charge is 0.398 e. The Kier molecular flexibility index (Phi) is 8.40. The van der Waals surface area contributed by atoms with E-state index in [2.05, 4.69) is 13.8 Å². The van der Waals surface area contributed by atoms with Crippen molar-refractivity contribution in [2.75, 3.05) is 5.73 Å². The quantitative estimate of drug-likeness (QED) is 0.439. The first-order valence-corrected chi connectivity index (χ1v) is 8.35. The highest BCUT2D eigenvalue weighted by molar-refractivity contribution is 5.50. The normalized spacial score (nSPS) is 14.1. The Morgan fingerprint density at radius 2 is 1.48 bits per heavy atom. The molecule has 0 radical (unpaired) electrons. The summed E-state index contributed by atoms with van der Waals surface area (Å²) < 4.78 is 0. The van der Waals surface area contributed by atoms with Crippen LogP contribution in [0.2, 0.25) is 0 Å². The first-order chi connectivity index (χ1) is 10.1. The number of benzene rings is 1. The van der Waals surface area contributed by atoms with Gasteiger partial charge in [0.2, 0.25) is 0 Å². The van der Waals surface area contributed by atoms with Crippen LogP contribution in [0, 0.1) is 0 Å². The molecule has 0 aliphatic heterocycles. The van der Waals surface area contributed by atoms with Crippen LogP contribution in [0.4, 0.5) is 5.69 Å². The molecule has 1 aromatic rings. The Morgan fingerprint density at radius 1 is 0.905 bits per heavy atom. The molecule has 2 atom stereocenters. The van der Waals surface area contributed by atoms with Crippen LogP contribution in [0.1, 0.15) is 88.5 Å². The van der Waals surface area contributed by atoms with Gasteiger partial charge in [-0.15, -0.1) is 0 Å². The van der Waals surface area contributed by atoms with Gasteiger partial charge < -0.3 is 15.9 Å². The van der Waals surface area contributed by atoms with Gasteiger partial charge >= 0.3 is 0 Å². The summed E-state index contributed by atoms with van der Waals surface area (Å²) in [5.41, 5.74) is 8.22. The smallest absolute Gasteiger partial charge is 0.0810 e. The third-order valence-electron chi connectivity index (χ3n) is 4.02. The zero-order valence-corrected chi connectivity index (χ0v) is 13.5. The fourth-order valence-corrected chi connectivity index (χ4v) is 2.59. The van der Waals surface area contributed by atoms with Gasteiger partial charge in [-0.3, -0.25) is 0 Å². The molecule has 0 saturated carbocycles. The predicted octanol–water partition coefficient (Wildman–Crippen LogP) is 4.50. The third-order valence-corrected chi connectivity index (χ3v) is 4.02. The number of unbranched alkanes of at least 4 members (excludes halogenated alkanes) is 4. The number of hydrogen-bond acceptors (Lipinski definition) is 3. The standard InChI is InChI=1S/C18H31NO2/c1-3-5-7-9-17(20)14-11-12-16(19)15(13-14)18(21)10-8-6-4-2/h11-13,17-18,20-21H,3-10,19H2,1-2H3. The molecule has 0 saturated heterocycles. The van der Waals surface area contributed by atoms with Crippen LogP contribution in [0.3, 0.4) is 0 Å². The molecule has 3 nitrogen and oxygen atoms in total. The molecule has 120 valence electrons. The van der Waals surface area contributed by atoms with Gasteiger partial charge in [0.05, 0.1) is 12.2 Å². The van der Waals surface area contributed by atoms with E-state index in [1.165, 1.54) is 0 Å². The lowest BCUT2D eigenvalue weighted by Crippen LogP contribution is -2.05. The molecule has 2 unspecified atom stereocenters. The summed E-state index contributed by atoms with van der Waals surface area (Å²) in [6.07, 6.45) is 7.08. The summed E-state index contributed by atoms with van der Waals surface area (Å²) >= 11 is 0. The molecule has 0 heterocycles. The van der Waals surface area contributed by atoms with Crippen LogP contribution < -0.4 is 5.73 Å². The van der Waals surface area contributed by atoms with Crippen molar-refractivity contribution in [3.8, 4) is 0 Å². The minimum absolute atomic E-state index is 0.459. The zero-order chi connectivity index (χ0) is 15.7. The molecule has 0 aliphatic rings. The van der Waals surface area contributed by atoms with E-state index in [9.17, 15) is 10.2 Å². The Morgan fingerprint density at radius 3 is 2.05 bits per heavy atom. The molecule has 0 spiro atoms. The van der Waals surface area contributed by atoms with E-state index in [4.69, 9.17) is 5.73 Å². The van der Waals surface area contributed by atoms with Crippen LogP contribution in [-0.2, 0) is 0 Å². The van der Waals surface area contributed by atoms with Gasteiger partial charge in [0.25, 0.3) is 0 Å². The highest BCUT2D eigenvalue weighted by atomic mass is 16.3. The van der Waals surface area contributed by atoms with Gasteiger partial charge in [0, 0.05) is 11.3 Å². The zero-order valence-electron chi connectivity index (χ0n) is 13.5. The van der Waals surface area contributed by atoms with Crippen molar-refractivity contribution >= 4 is 5.69 Å². The molecule has 0 amide bonds. The van der Waals surface area contributed by atoms with Gasteiger partial charge in [0.15, 0.2) is 0 Å². The summed E-state index contributed by atoms with van der Waals surface area (Å²) in [7, 11) is 0. The molecule has 0 aromatic heterocycles. The van der Waals surface area contributed by atoms with Gasteiger partial charge in [-0.25, -0.2) is 0 Å². The summed E-state index contributed by atoms with van der Waals surface area (Å²) in [6.45, 7) is 4.30. The maximum absolute atomic E-state index is 10.3. The summed E-state index contributed by atoms with van der Waals surface area (Å²) in [4.78, 5) is 0. The van der Waals surface area contributed by atoms with Crippen molar-refractivity contribution in [1.82, 2.24) is 0 Å². The number of aliphatic hydroxyl groups excluding tert-OH is 2. The number of rotatable bonds is 10. The van der Waals surface area contributed by atoms with Crippen molar-refractivity contribution in [3.63, 3.8) is 0 Å². The van der Waals surface area contributed by atoms with Gasteiger partial charge in [-0.1, -0.05) is 58.4 Å². The molecular weight excluding hydrogens is 262 g/mol. The SMILES string of the molecule is CCCCCC(O)c1ccc(N)c(C(O)CCCCC)c1. The number of hydrogen-bond donors (Lipinski definition) is 3. The fourth-order valence-electron chi connectivity index (χ4n) is 2.59. The summed E-state index contributed by atoms with van der Waals surface area (Å²) in [5, 5.41) is 20.5. The van der Waals surface area contributed by atoms with Crippen molar-refractivity contribution in [1.29, 1.82) is 0 Å². The maximum atomic E-state index is 10.3. The van der Waals surface area contributed by atoms with Crippen molar-refractivity contribution in [2.45, 2.75) is 77.4 Å². The van der Waals surface area contributed by atoms with E-state index >= 15 is 0 Å². The van der Waals surface area contributed by atoms with E-state index in [0.29, 0.717) is 5.69 Å². The topological polar surface area (TPSA) is 66.5 Å². The van der Waals surface area contributed by atoms with Crippen molar-refractivity contribution < 1.29 is 10.2 Å². The van der Waals surface area contributed by atoms with Crippen molar-refractivity contribution in [2.24, 2.45) is 0 Å². The first kappa shape index (κ1) is 18.0. The number of nitrogens with two attached hydrogens (primary N) is 1. The van der Waals surface area contributed by atoms with E-state index in [1.54, 1.807) is 6.07 Å². The number of anilines is 1. The second-order valence-corrected chi connectivity index (χ2v) is 5.91. The average molecular weight is 293 g/mol. The molecule has 0 aliphatic carbocycles. The van der Waals surface area contributed by atoms with E-state index in [0.717, 1.165) is 62.5 Å². The molecule has 1 rings (SSSR count). The maximum Gasteiger partial charge on any atom is 0.0810 e. The monoisotopic (exact) mass is 293 g/mol. The Bertz CT molecular complexity index is 406. The first-order valence-electron chi connectivity index (χ1n) is 8.35. The minimum Gasteiger partial charge on any atom is -0.398 e. The van der Waals surface area contributed by atoms with E-state index < -0.39 is 12.2 Å². The van der Waals surface area contributed by atoms with Crippen molar-refractivity contribution in [3.05, 3.63) is 29.3 Å². The number of aliphatic hydroxyl groups is 2. The van der Waals surface area contributed by atoms with Crippen LogP contribution in [0.25, 0.3) is 0 Å². The lowest BCUT2D eigenvalue weighted by Gasteiger charge is -2.17. The van der Waals surface area contributed by atoms with Gasteiger partial charge in [0.1, 0.15) is 0 Å². The second-order valence-electron chi connectivity index (χ2n) is 5.91. The summed E-state index contributed by atoms with van der Waals surface area (Å²) in [6, 6.07) is 5.55. The molecule has 0 fully saturated rings. The molecule has 4 N–H and O–H groups in total. The fraction of sp³-hybridized carbons (Fsp3) is 0.667. The Hall–Kier alpha value is -1.06. The Labute approximate surface area is 129 Å². The Balaban J connectivity index is 2.69. The molecular formula is C18H31NO2. The highest BCUT2D eigenvalue weighted by Crippen LogP contribution is 2.29. The van der Waals surface area contributed by atoms with Crippen LogP contribution in [0.5, 0.6) is 0 Å². The summed E-state index contributed by atoms with van der Waals surface area (Å²) in [5.74, 6) is 0. The van der Waals surface area contributed by atoms with Gasteiger partial charge in [-0.05, 0) is 30.5 Å². The highest BCUT2D eigenvalue weighted by Gasteiger charge is 2.14. The van der Waals surface area contributed by atoms with Crippen LogP contribution in [0.15, 0.2) is 18.2 Å². The molecule has 1 aromatic carbocycles. The van der Waals surface area contributed by atoms with Crippen LogP contribution >= 0.6 is 0 Å².